The van der Waals surface area contributed by atoms with E-state index >= 15 is 0 Å². The van der Waals surface area contributed by atoms with Crippen LogP contribution in [0.25, 0.3) is 0 Å². The fourth-order valence-corrected chi connectivity index (χ4v) is 1.77. The molecule has 0 amide bonds. The first-order valence-electron chi connectivity index (χ1n) is 6.82. The third-order valence-corrected chi connectivity index (χ3v) is 3.08. The van der Waals surface area contributed by atoms with Crippen LogP contribution in [0.15, 0.2) is 24.3 Å². The van der Waals surface area contributed by atoms with E-state index in [0.29, 0.717) is 25.7 Å². The maximum atomic E-state index is 8.64. The van der Waals surface area contributed by atoms with Gasteiger partial charge in [-0.15, -0.1) is 0 Å². The first kappa shape index (κ1) is 13.9. The molecule has 3 heteroatoms. The Morgan fingerprint density at radius 3 is 2.58 bits per heavy atom. The number of hydrogen-bond donors (Lipinski definition) is 1. The van der Waals surface area contributed by atoms with Gasteiger partial charge in [0, 0.05) is 12.0 Å². The third-order valence-electron chi connectivity index (χ3n) is 3.08. The number of benzene rings is 1. The molecule has 19 heavy (non-hydrogen) atoms. The van der Waals surface area contributed by atoms with Crippen molar-refractivity contribution in [1.82, 2.24) is 0 Å². The lowest BCUT2D eigenvalue weighted by Crippen LogP contribution is -2.23. The Morgan fingerprint density at radius 2 is 1.95 bits per heavy atom. The molecule has 1 aliphatic carbocycles. The Labute approximate surface area is 114 Å². The van der Waals surface area contributed by atoms with Gasteiger partial charge in [-0.25, -0.2) is 0 Å². The van der Waals surface area contributed by atoms with Crippen molar-refractivity contribution in [2.75, 3.05) is 19.8 Å². The van der Waals surface area contributed by atoms with Gasteiger partial charge in [-0.05, 0) is 43.5 Å². The molecule has 0 unspecified atom stereocenters. The zero-order chi connectivity index (χ0) is 13.3. The van der Waals surface area contributed by atoms with Gasteiger partial charge < -0.3 is 14.6 Å². The van der Waals surface area contributed by atoms with Crippen molar-refractivity contribution >= 4 is 0 Å². The van der Waals surface area contributed by atoms with Crippen molar-refractivity contribution in [2.45, 2.75) is 31.8 Å². The Balaban J connectivity index is 1.67. The van der Waals surface area contributed by atoms with Crippen LogP contribution in [0.2, 0.25) is 0 Å². The highest BCUT2D eigenvalue weighted by Crippen LogP contribution is 2.21. The summed E-state index contributed by atoms with van der Waals surface area (Å²) < 4.78 is 11.2. The molecule has 0 heterocycles. The van der Waals surface area contributed by atoms with Crippen LogP contribution in [0.1, 0.15) is 31.2 Å². The number of ether oxygens (including phenoxy) is 2. The SMILES string of the molecule is OCCC#Cc1ccc(OCCOC2CCC2)cc1. The molecule has 1 aliphatic rings. The maximum absolute atomic E-state index is 8.64. The van der Waals surface area contributed by atoms with Crippen LogP contribution in [-0.4, -0.2) is 31.0 Å². The van der Waals surface area contributed by atoms with E-state index in [2.05, 4.69) is 11.8 Å². The number of hydrogen-bond acceptors (Lipinski definition) is 3. The summed E-state index contributed by atoms with van der Waals surface area (Å²) in [5.74, 6) is 6.71. The quantitative estimate of drug-likeness (QED) is 0.630. The highest BCUT2D eigenvalue weighted by molar-refractivity contribution is 5.38. The van der Waals surface area contributed by atoms with Gasteiger partial charge >= 0.3 is 0 Å². The van der Waals surface area contributed by atoms with E-state index in [9.17, 15) is 0 Å². The van der Waals surface area contributed by atoms with Crippen molar-refractivity contribution < 1.29 is 14.6 Å². The molecule has 0 aliphatic heterocycles. The average molecular weight is 260 g/mol. The number of rotatable bonds is 6. The molecule has 1 aromatic rings. The van der Waals surface area contributed by atoms with Crippen LogP contribution < -0.4 is 4.74 Å². The first-order valence-corrected chi connectivity index (χ1v) is 6.82. The van der Waals surface area contributed by atoms with Gasteiger partial charge in [0.1, 0.15) is 12.4 Å². The lowest BCUT2D eigenvalue weighted by atomic mass is 9.96. The first-order chi connectivity index (χ1) is 9.38. The molecule has 3 nitrogen and oxygen atoms in total. The summed E-state index contributed by atoms with van der Waals surface area (Å²) in [4.78, 5) is 0. The zero-order valence-electron chi connectivity index (χ0n) is 11.1. The van der Waals surface area contributed by atoms with Crippen LogP contribution in [0, 0.1) is 11.8 Å². The maximum Gasteiger partial charge on any atom is 0.119 e. The second-order valence-electron chi connectivity index (χ2n) is 4.57. The van der Waals surface area contributed by atoms with Crippen LogP contribution in [0.5, 0.6) is 5.75 Å². The van der Waals surface area contributed by atoms with Gasteiger partial charge in [-0.3, -0.25) is 0 Å². The summed E-state index contributed by atoms with van der Waals surface area (Å²) >= 11 is 0. The summed E-state index contributed by atoms with van der Waals surface area (Å²) in [5.41, 5.74) is 0.937. The topological polar surface area (TPSA) is 38.7 Å². The third kappa shape index (κ3) is 4.94. The van der Waals surface area contributed by atoms with Gasteiger partial charge in [0.05, 0.1) is 19.3 Å². The molecule has 1 fully saturated rings. The molecule has 1 saturated carbocycles. The summed E-state index contributed by atoms with van der Waals surface area (Å²) in [6.45, 7) is 1.35. The van der Waals surface area contributed by atoms with Crippen LogP contribution in [-0.2, 0) is 4.74 Å². The van der Waals surface area contributed by atoms with Gasteiger partial charge in [-0.2, -0.15) is 0 Å². The molecule has 0 spiro atoms. The predicted octanol–water partition coefficient (Wildman–Crippen LogP) is 2.37. The fourth-order valence-electron chi connectivity index (χ4n) is 1.77. The molecular formula is C16H20O3. The molecule has 2 rings (SSSR count). The Morgan fingerprint density at radius 1 is 1.16 bits per heavy atom. The van der Waals surface area contributed by atoms with E-state index in [1.165, 1.54) is 19.3 Å². The zero-order valence-corrected chi connectivity index (χ0v) is 11.1. The van der Waals surface area contributed by atoms with E-state index < -0.39 is 0 Å². The fraction of sp³-hybridized carbons (Fsp3) is 0.500. The second-order valence-corrected chi connectivity index (χ2v) is 4.57. The molecule has 1 N–H and O–H groups in total. The smallest absolute Gasteiger partial charge is 0.119 e. The molecule has 1 aromatic carbocycles. The van der Waals surface area contributed by atoms with Crippen LogP contribution >= 0.6 is 0 Å². The second kappa shape index (κ2) is 7.83. The Bertz CT molecular complexity index is 424. The van der Waals surface area contributed by atoms with Gasteiger partial charge in [-0.1, -0.05) is 11.8 Å². The highest BCUT2D eigenvalue weighted by atomic mass is 16.5. The Hall–Kier alpha value is -1.50. The van der Waals surface area contributed by atoms with Crippen molar-refractivity contribution in [3.8, 4) is 17.6 Å². The van der Waals surface area contributed by atoms with E-state index in [1.807, 2.05) is 24.3 Å². The predicted molar refractivity (Wildman–Crippen MR) is 74.1 cm³/mol. The highest BCUT2D eigenvalue weighted by Gasteiger charge is 2.17. The summed E-state index contributed by atoms with van der Waals surface area (Å²) in [7, 11) is 0. The van der Waals surface area contributed by atoms with Crippen LogP contribution in [0.3, 0.4) is 0 Å². The standard InChI is InChI=1S/C16H20O3/c17-11-2-1-4-14-7-9-16(10-8-14)19-13-12-18-15-5-3-6-15/h7-10,15,17H,2-3,5-6,11-13H2. The lowest BCUT2D eigenvalue weighted by Gasteiger charge is -2.25. The van der Waals surface area contributed by atoms with Crippen molar-refractivity contribution in [3.63, 3.8) is 0 Å². The molecule has 0 radical (unpaired) electrons. The van der Waals surface area contributed by atoms with Gasteiger partial charge in [0.15, 0.2) is 0 Å². The molecule has 102 valence electrons. The minimum absolute atomic E-state index is 0.106. The van der Waals surface area contributed by atoms with Gasteiger partial charge in [0.2, 0.25) is 0 Å². The van der Waals surface area contributed by atoms with Crippen LogP contribution in [0.4, 0.5) is 0 Å². The summed E-state index contributed by atoms with van der Waals surface area (Å²) in [5, 5.41) is 8.64. The summed E-state index contributed by atoms with van der Waals surface area (Å²) in [6.07, 6.45) is 4.66. The van der Waals surface area contributed by atoms with E-state index in [4.69, 9.17) is 14.6 Å². The van der Waals surface area contributed by atoms with E-state index in [-0.39, 0.29) is 6.61 Å². The van der Waals surface area contributed by atoms with Crippen molar-refractivity contribution in [2.24, 2.45) is 0 Å². The average Bonchev–Trinajstić information content (AvgIpc) is 2.38. The minimum Gasteiger partial charge on any atom is -0.491 e. The van der Waals surface area contributed by atoms with Crippen molar-refractivity contribution in [1.29, 1.82) is 0 Å². The monoisotopic (exact) mass is 260 g/mol. The Kier molecular flexibility index (Phi) is 5.74. The van der Waals surface area contributed by atoms with Crippen molar-refractivity contribution in [3.05, 3.63) is 29.8 Å². The molecule has 0 bridgehead atoms. The van der Waals surface area contributed by atoms with Gasteiger partial charge in [0.25, 0.3) is 0 Å². The lowest BCUT2D eigenvalue weighted by molar-refractivity contribution is -0.0103. The molecule has 0 aromatic heterocycles. The number of aliphatic hydroxyl groups is 1. The molecule has 0 atom stereocenters. The molecular weight excluding hydrogens is 240 g/mol. The largest absolute Gasteiger partial charge is 0.491 e. The number of aliphatic hydroxyl groups excluding tert-OH is 1. The van der Waals surface area contributed by atoms with E-state index in [1.54, 1.807) is 0 Å². The normalized spacial score (nSPS) is 14.4. The molecule has 0 saturated heterocycles. The summed E-state index contributed by atoms with van der Waals surface area (Å²) in [6, 6.07) is 7.66. The minimum atomic E-state index is 0.106. The van der Waals surface area contributed by atoms with E-state index in [0.717, 1.165) is 11.3 Å².